The number of amides is 2. The maximum Gasteiger partial charge on any atom is 0.239 e. The summed E-state index contributed by atoms with van der Waals surface area (Å²) in [5, 5.41) is 5.56. The molecular weight excluding hydrogens is 384 g/mol. The molecule has 0 aliphatic rings. The molecule has 1 heterocycles. The second kappa shape index (κ2) is 9.29. The largest absolute Gasteiger partial charge is 0.351 e. The predicted molar refractivity (Wildman–Crippen MR) is 101 cm³/mol. The van der Waals surface area contributed by atoms with Gasteiger partial charge in [0.15, 0.2) is 0 Å². The van der Waals surface area contributed by atoms with Crippen LogP contribution in [0.25, 0.3) is 0 Å². The number of carbonyl (C=O) groups is 2. The molecule has 132 valence electrons. The molecule has 2 amide bonds. The van der Waals surface area contributed by atoms with Gasteiger partial charge < -0.3 is 10.6 Å². The van der Waals surface area contributed by atoms with Gasteiger partial charge in [-0.15, -0.1) is 0 Å². The molecule has 0 radical (unpaired) electrons. The van der Waals surface area contributed by atoms with Crippen LogP contribution in [0.4, 0.5) is 5.82 Å². The van der Waals surface area contributed by atoms with E-state index in [4.69, 9.17) is 0 Å². The Hall–Kier alpha value is -2.25. The Labute approximate surface area is 155 Å². The van der Waals surface area contributed by atoms with Crippen LogP contribution < -0.4 is 10.6 Å². The number of benzene rings is 1. The summed E-state index contributed by atoms with van der Waals surface area (Å²) in [7, 11) is 1.72. The normalized spacial score (nSPS) is 10.6. The fourth-order valence-electron chi connectivity index (χ4n) is 2.24. The van der Waals surface area contributed by atoms with E-state index in [9.17, 15) is 9.59 Å². The van der Waals surface area contributed by atoms with E-state index in [-0.39, 0.29) is 24.9 Å². The lowest BCUT2D eigenvalue weighted by Crippen LogP contribution is -2.38. The van der Waals surface area contributed by atoms with Gasteiger partial charge in [0.05, 0.1) is 13.1 Å². The van der Waals surface area contributed by atoms with Gasteiger partial charge in [0.1, 0.15) is 5.82 Å². The molecule has 0 saturated carbocycles. The Balaban J connectivity index is 1.74. The SMILES string of the molecule is Cc1ccccc1CNC(=O)CN(C)CC(=O)Nc1ccc(Br)cn1. The minimum absolute atomic E-state index is 0.107. The van der Waals surface area contributed by atoms with Crippen LogP contribution in [0.5, 0.6) is 0 Å². The summed E-state index contributed by atoms with van der Waals surface area (Å²) in [5.41, 5.74) is 2.22. The van der Waals surface area contributed by atoms with Gasteiger partial charge in [0, 0.05) is 17.2 Å². The molecule has 2 N–H and O–H groups in total. The van der Waals surface area contributed by atoms with Gasteiger partial charge in [0.25, 0.3) is 0 Å². The van der Waals surface area contributed by atoms with Crippen LogP contribution >= 0.6 is 15.9 Å². The Kier molecular flexibility index (Phi) is 7.09. The van der Waals surface area contributed by atoms with Crippen molar-refractivity contribution < 1.29 is 9.59 Å². The molecule has 0 atom stereocenters. The molecule has 6 nitrogen and oxygen atoms in total. The van der Waals surface area contributed by atoms with Crippen LogP contribution in [0.3, 0.4) is 0 Å². The van der Waals surface area contributed by atoms with E-state index in [1.807, 2.05) is 31.2 Å². The van der Waals surface area contributed by atoms with Gasteiger partial charge in [-0.1, -0.05) is 24.3 Å². The smallest absolute Gasteiger partial charge is 0.239 e. The van der Waals surface area contributed by atoms with E-state index >= 15 is 0 Å². The summed E-state index contributed by atoms with van der Waals surface area (Å²) in [6.07, 6.45) is 1.61. The van der Waals surface area contributed by atoms with Crippen molar-refractivity contribution in [3.05, 3.63) is 58.2 Å². The second-order valence-electron chi connectivity index (χ2n) is 5.79. The number of halogens is 1. The monoisotopic (exact) mass is 404 g/mol. The maximum absolute atomic E-state index is 12.0. The van der Waals surface area contributed by atoms with Crippen LogP contribution in [0.2, 0.25) is 0 Å². The van der Waals surface area contributed by atoms with Crippen LogP contribution in [-0.4, -0.2) is 41.8 Å². The van der Waals surface area contributed by atoms with Crippen molar-refractivity contribution in [2.45, 2.75) is 13.5 Å². The second-order valence-corrected chi connectivity index (χ2v) is 6.70. The molecule has 25 heavy (non-hydrogen) atoms. The fraction of sp³-hybridized carbons (Fsp3) is 0.278. The molecule has 0 saturated heterocycles. The molecule has 0 aliphatic carbocycles. The van der Waals surface area contributed by atoms with Crippen LogP contribution in [-0.2, 0) is 16.1 Å². The molecule has 1 aromatic carbocycles. The lowest BCUT2D eigenvalue weighted by molar-refractivity contribution is -0.123. The highest BCUT2D eigenvalue weighted by atomic mass is 79.9. The van der Waals surface area contributed by atoms with Crippen molar-refractivity contribution in [2.24, 2.45) is 0 Å². The predicted octanol–water partition coefficient (Wildman–Crippen LogP) is 2.34. The quantitative estimate of drug-likeness (QED) is 0.742. The molecule has 2 aromatic rings. The first-order valence-electron chi connectivity index (χ1n) is 7.85. The Bertz CT molecular complexity index is 734. The number of hydrogen-bond donors (Lipinski definition) is 2. The standard InChI is InChI=1S/C18H21BrN4O2/c1-13-5-3-4-6-14(13)9-21-17(24)11-23(2)12-18(25)22-16-8-7-15(19)10-20-16/h3-8,10H,9,11-12H2,1-2H3,(H,21,24)(H,20,22,25). The number of aryl methyl sites for hydroxylation is 1. The highest BCUT2D eigenvalue weighted by Crippen LogP contribution is 2.10. The third kappa shape index (κ3) is 6.64. The lowest BCUT2D eigenvalue weighted by Gasteiger charge is -2.16. The average molecular weight is 405 g/mol. The van der Waals surface area contributed by atoms with E-state index in [1.54, 1.807) is 30.3 Å². The number of nitrogens with zero attached hydrogens (tertiary/aromatic N) is 2. The van der Waals surface area contributed by atoms with Gasteiger partial charge >= 0.3 is 0 Å². The minimum atomic E-state index is -0.218. The van der Waals surface area contributed by atoms with Gasteiger partial charge in [-0.25, -0.2) is 4.98 Å². The summed E-state index contributed by atoms with van der Waals surface area (Å²) >= 11 is 3.29. The summed E-state index contributed by atoms with van der Waals surface area (Å²) < 4.78 is 0.841. The number of aromatic nitrogens is 1. The summed E-state index contributed by atoms with van der Waals surface area (Å²) in [6, 6.07) is 11.4. The molecule has 0 spiro atoms. The van der Waals surface area contributed by atoms with Gasteiger partial charge in [-0.2, -0.15) is 0 Å². The van der Waals surface area contributed by atoms with Crippen molar-refractivity contribution in [1.82, 2.24) is 15.2 Å². The molecule has 0 fully saturated rings. The molecule has 0 aliphatic heterocycles. The molecule has 0 unspecified atom stereocenters. The van der Waals surface area contributed by atoms with Crippen molar-refractivity contribution in [3.8, 4) is 0 Å². The molecule has 2 rings (SSSR count). The van der Waals surface area contributed by atoms with E-state index in [0.717, 1.165) is 15.6 Å². The summed E-state index contributed by atoms with van der Waals surface area (Å²) in [5.74, 6) is 0.134. The minimum Gasteiger partial charge on any atom is -0.351 e. The molecular formula is C18H21BrN4O2. The van der Waals surface area contributed by atoms with Crippen molar-refractivity contribution in [2.75, 3.05) is 25.5 Å². The fourth-order valence-corrected chi connectivity index (χ4v) is 2.47. The lowest BCUT2D eigenvalue weighted by atomic mass is 10.1. The van der Waals surface area contributed by atoms with Crippen LogP contribution in [0.15, 0.2) is 47.1 Å². The third-order valence-corrected chi connectivity index (χ3v) is 4.03. The first-order chi connectivity index (χ1) is 11.9. The number of likely N-dealkylation sites (N-methyl/N-ethyl adjacent to an activating group) is 1. The van der Waals surface area contributed by atoms with E-state index in [0.29, 0.717) is 12.4 Å². The molecule has 7 heteroatoms. The number of nitrogens with one attached hydrogen (secondary N) is 2. The molecule has 0 bridgehead atoms. The zero-order chi connectivity index (χ0) is 18.2. The average Bonchev–Trinajstić information content (AvgIpc) is 2.56. The number of rotatable bonds is 7. The van der Waals surface area contributed by atoms with Gasteiger partial charge in [-0.3, -0.25) is 14.5 Å². The first kappa shape index (κ1) is 19.1. The Morgan fingerprint density at radius 2 is 1.84 bits per heavy atom. The van der Waals surface area contributed by atoms with E-state index in [2.05, 4.69) is 31.5 Å². The van der Waals surface area contributed by atoms with Crippen molar-refractivity contribution >= 4 is 33.6 Å². The van der Waals surface area contributed by atoms with Crippen molar-refractivity contribution in [3.63, 3.8) is 0 Å². The number of carbonyl (C=O) groups excluding carboxylic acids is 2. The highest BCUT2D eigenvalue weighted by Gasteiger charge is 2.11. The maximum atomic E-state index is 12.0. The number of pyridine rings is 1. The zero-order valence-corrected chi connectivity index (χ0v) is 15.8. The summed E-state index contributed by atoms with van der Waals surface area (Å²) in [6.45, 7) is 2.74. The van der Waals surface area contributed by atoms with E-state index < -0.39 is 0 Å². The molecule has 1 aromatic heterocycles. The Morgan fingerprint density at radius 1 is 1.12 bits per heavy atom. The first-order valence-corrected chi connectivity index (χ1v) is 8.64. The van der Waals surface area contributed by atoms with Crippen LogP contribution in [0, 0.1) is 6.92 Å². The van der Waals surface area contributed by atoms with E-state index in [1.165, 1.54) is 0 Å². The van der Waals surface area contributed by atoms with Crippen molar-refractivity contribution in [1.29, 1.82) is 0 Å². The van der Waals surface area contributed by atoms with Gasteiger partial charge in [-0.05, 0) is 53.2 Å². The van der Waals surface area contributed by atoms with Gasteiger partial charge in [0.2, 0.25) is 11.8 Å². The highest BCUT2D eigenvalue weighted by molar-refractivity contribution is 9.10. The number of hydrogen-bond acceptors (Lipinski definition) is 4. The zero-order valence-electron chi connectivity index (χ0n) is 14.3. The van der Waals surface area contributed by atoms with Crippen LogP contribution in [0.1, 0.15) is 11.1 Å². The topological polar surface area (TPSA) is 74.3 Å². The summed E-state index contributed by atoms with van der Waals surface area (Å²) in [4.78, 5) is 29.7. The third-order valence-electron chi connectivity index (χ3n) is 3.56. The number of anilines is 1. The Morgan fingerprint density at radius 3 is 2.52 bits per heavy atom.